The summed E-state index contributed by atoms with van der Waals surface area (Å²) in [4.78, 5) is 2.10. The Balaban J connectivity index is 2.37. The van der Waals surface area contributed by atoms with Gasteiger partial charge in [0.2, 0.25) is 10.0 Å². The van der Waals surface area contributed by atoms with Gasteiger partial charge in [-0.3, -0.25) is 0 Å². The Kier molecular flexibility index (Phi) is 4.94. The molecule has 1 aromatic rings. The highest BCUT2D eigenvalue weighted by Crippen LogP contribution is 2.31. The van der Waals surface area contributed by atoms with Gasteiger partial charge in [0.05, 0.1) is 11.0 Å². The number of sulfonamides is 1. The van der Waals surface area contributed by atoms with Crippen molar-refractivity contribution in [2.45, 2.75) is 23.5 Å². The van der Waals surface area contributed by atoms with Gasteiger partial charge < -0.3 is 15.7 Å². The zero-order valence-corrected chi connectivity index (χ0v) is 14.4. The molecule has 1 aliphatic rings. The first-order valence-corrected chi connectivity index (χ1v) is 8.85. The van der Waals surface area contributed by atoms with E-state index >= 15 is 0 Å². The molecule has 21 heavy (non-hydrogen) atoms. The van der Waals surface area contributed by atoms with Crippen molar-refractivity contribution in [1.82, 2.24) is 9.21 Å². The van der Waals surface area contributed by atoms with E-state index in [1.54, 1.807) is 12.1 Å². The second-order valence-electron chi connectivity index (χ2n) is 5.57. The molecule has 6 nitrogen and oxygen atoms in total. The minimum Gasteiger partial charge on any atom is -0.399 e. The molecule has 0 aliphatic carbocycles. The van der Waals surface area contributed by atoms with Gasteiger partial charge in [-0.05, 0) is 54.6 Å². The molecule has 1 saturated heterocycles. The number of anilines is 1. The standard InChI is InChI=1S/C13H20BrN3O3S/c1-16(2)7-10-6-11(18)8-17(10)21(19,20)13-4-3-9(15)5-12(13)14/h3-5,10-11,18H,6-8,15H2,1-2H3. The largest absolute Gasteiger partial charge is 0.399 e. The van der Waals surface area contributed by atoms with Crippen LogP contribution in [-0.2, 0) is 10.0 Å². The molecule has 0 spiro atoms. The van der Waals surface area contributed by atoms with Crippen LogP contribution in [0.3, 0.4) is 0 Å². The van der Waals surface area contributed by atoms with E-state index in [-0.39, 0.29) is 17.5 Å². The summed E-state index contributed by atoms with van der Waals surface area (Å²) >= 11 is 3.26. The van der Waals surface area contributed by atoms with Crippen molar-refractivity contribution in [3.05, 3.63) is 22.7 Å². The average molecular weight is 378 g/mol. The molecule has 2 rings (SSSR count). The van der Waals surface area contributed by atoms with Gasteiger partial charge in [-0.2, -0.15) is 4.31 Å². The van der Waals surface area contributed by atoms with Crippen molar-refractivity contribution in [3.63, 3.8) is 0 Å². The molecule has 0 saturated carbocycles. The molecule has 3 N–H and O–H groups in total. The van der Waals surface area contributed by atoms with Crippen LogP contribution in [0, 0.1) is 0 Å². The number of hydrogen-bond acceptors (Lipinski definition) is 5. The fourth-order valence-corrected chi connectivity index (χ4v) is 5.32. The van der Waals surface area contributed by atoms with Gasteiger partial charge in [0.1, 0.15) is 0 Å². The van der Waals surface area contributed by atoms with Crippen LogP contribution in [0.4, 0.5) is 5.69 Å². The molecular formula is C13H20BrN3O3S. The molecule has 1 aliphatic heterocycles. The maximum Gasteiger partial charge on any atom is 0.244 e. The maximum atomic E-state index is 12.8. The number of β-amino-alcohol motifs (C(OH)–C–C–N with tert-alkyl or cyclic N) is 1. The van der Waals surface area contributed by atoms with Crippen molar-refractivity contribution in [3.8, 4) is 0 Å². The molecule has 2 unspecified atom stereocenters. The van der Waals surface area contributed by atoms with Crippen LogP contribution in [0.15, 0.2) is 27.6 Å². The Morgan fingerprint density at radius 1 is 1.48 bits per heavy atom. The summed E-state index contributed by atoms with van der Waals surface area (Å²) < 4.78 is 27.5. The lowest BCUT2D eigenvalue weighted by Crippen LogP contribution is -2.41. The predicted octanol–water partition coefficient (Wildman–Crippen LogP) is 0.717. The number of hydrogen-bond donors (Lipinski definition) is 2. The number of nitrogen functional groups attached to an aromatic ring is 1. The molecule has 118 valence electrons. The van der Waals surface area contributed by atoms with Gasteiger partial charge >= 0.3 is 0 Å². The van der Waals surface area contributed by atoms with E-state index in [1.165, 1.54) is 10.4 Å². The first-order chi connectivity index (χ1) is 9.71. The lowest BCUT2D eigenvalue weighted by Gasteiger charge is -2.26. The van der Waals surface area contributed by atoms with Crippen molar-refractivity contribution in [2.24, 2.45) is 0 Å². The third-order valence-corrected chi connectivity index (χ3v) is 6.36. The lowest BCUT2D eigenvalue weighted by atomic mass is 10.2. The monoisotopic (exact) mass is 377 g/mol. The first-order valence-electron chi connectivity index (χ1n) is 6.61. The summed E-state index contributed by atoms with van der Waals surface area (Å²) in [6, 6.07) is 4.39. The van der Waals surface area contributed by atoms with Crippen molar-refractivity contribution < 1.29 is 13.5 Å². The first kappa shape index (κ1) is 16.7. The van der Waals surface area contributed by atoms with Crippen LogP contribution in [0.1, 0.15) is 6.42 Å². The number of likely N-dealkylation sites (N-methyl/N-ethyl adjacent to an activating group) is 1. The SMILES string of the molecule is CN(C)CC1CC(O)CN1S(=O)(=O)c1ccc(N)cc1Br. The summed E-state index contributed by atoms with van der Waals surface area (Å²) in [6.07, 6.45) is -0.179. The van der Waals surface area contributed by atoms with E-state index in [4.69, 9.17) is 5.73 Å². The molecule has 2 atom stereocenters. The third kappa shape index (κ3) is 3.57. The Bertz CT molecular complexity index is 621. The van der Waals surface area contributed by atoms with E-state index in [9.17, 15) is 13.5 Å². The molecule has 0 bridgehead atoms. The van der Waals surface area contributed by atoms with Crippen LogP contribution >= 0.6 is 15.9 Å². The average Bonchev–Trinajstić information content (AvgIpc) is 2.69. The summed E-state index contributed by atoms with van der Waals surface area (Å²) in [7, 11) is 0.0975. The molecular weight excluding hydrogens is 358 g/mol. The molecule has 0 radical (unpaired) electrons. The highest BCUT2D eigenvalue weighted by atomic mass is 79.9. The molecule has 0 aromatic heterocycles. The van der Waals surface area contributed by atoms with E-state index in [1.807, 2.05) is 19.0 Å². The normalized spacial score (nSPS) is 23.9. The molecule has 8 heteroatoms. The van der Waals surface area contributed by atoms with Crippen LogP contribution in [0.5, 0.6) is 0 Å². The Morgan fingerprint density at radius 2 is 2.14 bits per heavy atom. The zero-order valence-electron chi connectivity index (χ0n) is 12.0. The fraction of sp³-hybridized carbons (Fsp3) is 0.538. The maximum absolute atomic E-state index is 12.8. The van der Waals surface area contributed by atoms with Gasteiger partial charge in [0.25, 0.3) is 0 Å². The van der Waals surface area contributed by atoms with Crippen LogP contribution in [0.2, 0.25) is 0 Å². The smallest absolute Gasteiger partial charge is 0.244 e. The Morgan fingerprint density at radius 3 is 2.71 bits per heavy atom. The molecule has 1 fully saturated rings. The van der Waals surface area contributed by atoms with Crippen LogP contribution in [0.25, 0.3) is 0 Å². The van der Waals surface area contributed by atoms with E-state index in [2.05, 4.69) is 15.9 Å². The highest BCUT2D eigenvalue weighted by Gasteiger charge is 2.40. The minimum atomic E-state index is -3.67. The summed E-state index contributed by atoms with van der Waals surface area (Å²) in [5, 5.41) is 9.85. The molecule has 1 aromatic carbocycles. The predicted molar refractivity (Wildman–Crippen MR) is 85.4 cm³/mol. The van der Waals surface area contributed by atoms with Gasteiger partial charge in [-0.1, -0.05) is 0 Å². The van der Waals surface area contributed by atoms with Gasteiger partial charge in [0, 0.05) is 29.3 Å². The quantitative estimate of drug-likeness (QED) is 0.754. The Labute approximate surface area is 133 Å². The molecule has 0 amide bonds. The Hall–Kier alpha value is -0.670. The van der Waals surface area contributed by atoms with E-state index in [0.717, 1.165) is 0 Å². The summed E-state index contributed by atoms with van der Waals surface area (Å²) in [5.74, 6) is 0. The fourth-order valence-electron chi connectivity index (χ4n) is 2.60. The number of aliphatic hydroxyl groups is 1. The molecule has 1 heterocycles. The number of nitrogens with zero attached hydrogens (tertiary/aromatic N) is 2. The van der Waals surface area contributed by atoms with Crippen LogP contribution < -0.4 is 5.73 Å². The number of halogens is 1. The second kappa shape index (κ2) is 6.21. The van der Waals surface area contributed by atoms with Crippen LogP contribution in [-0.4, -0.2) is 62.1 Å². The third-order valence-electron chi connectivity index (χ3n) is 3.46. The second-order valence-corrected chi connectivity index (χ2v) is 8.28. The zero-order chi connectivity index (χ0) is 15.8. The minimum absolute atomic E-state index is 0.123. The lowest BCUT2D eigenvalue weighted by molar-refractivity contribution is 0.188. The van der Waals surface area contributed by atoms with Gasteiger partial charge in [-0.25, -0.2) is 8.42 Å². The van der Waals surface area contributed by atoms with Gasteiger partial charge in [-0.15, -0.1) is 0 Å². The van der Waals surface area contributed by atoms with Crippen molar-refractivity contribution in [2.75, 3.05) is 32.9 Å². The number of nitrogens with two attached hydrogens (primary N) is 1. The number of benzene rings is 1. The van der Waals surface area contributed by atoms with E-state index < -0.39 is 16.1 Å². The van der Waals surface area contributed by atoms with Crippen molar-refractivity contribution >= 4 is 31.6 Å². The summed E-state index contributed by atoms with van der Waals surface area (Å²) in [5.41, 5.74) is 6.15. The van der Waals surface area contributed by atoms with E-state index in [0.29, 0.717) is 23.1 Å². The van der Waals surface area contributed by atoms with Crippen molar-refractivity contribution in [1.29, 1.82) is 0 Å². The topological polar surface area (TPSA) is 86.9 Å². The number of rotatable bonds is 4. The number of aliphatic hydroxyl groups excluding tert-OH is 1. The summed E-state index contributed by atoms with van der Waals surface area (Å²) in [6.45, 7) is 0.695. The van der Waals surface area contributed by atoms with Gasteiger partial charge in [0.15, 0.2) is 0 Å². The highest BCUT2D eigenvalue weighted by molar-refractivity contribution is 9.10.